The maximum absolute atomic E-state index is 12.0. The number of piperidine rings is 1. The predicted octanol–water partition coefficient (Wildman–Crippen LogP) is 0.0559. The number of rotatable bonds is 2. The zero-order chi connectivity index (χ0) is 12.6. The zero-order valence-electron chi connectivity index (χ0n) is 10.6. The van der Waals surface area contributed by atoms with Crippen LogP contribution in [-0.2, 0) is 9.59 Å². The summed E-state index contributed by atoms with van der Waals surface area (Å²) in [5, 5.41) is 9.43. The highest BCUT2D eigenvalue weighted by Crippen LogP contribution is 2.38. The highest BCUT2D eigenvalue weighted by atomic mass is 16.2. The number of carbonyl (C=O) groups is 2. The van der Waals surface area contributed by atoms with Gasteiger partial charge in [0.1, 0.15) is 6.04 Å². The quantitative estimate of drug-likeness (QED) is 0.650. The Bertz CT molecular complexity index is 365. The fourth-order valence-corrected chi connectivity index (χ4v) is 3.38. The van der Waals surface area contributed by atoms with Crippen LogP contribution in [0.3, 0.4) is 0 Å². The van der Waals surface area contributed by atoms with Crippen molar-refractivity contribution in [2.24, 2.45) is 0 Å². The standard InChI is InChI=1S/C13H21N3O2/c17-11-3-2-10(16-11)12(18)15-9-4-7-14-13(8-9)5-1-6-13/h9-10,14H,1-8H2,(H,15,18)(H,16,17). The number of hydrogen-bond acceptors (Lipinski definition) is 3. The number of amides is 2. The fourth-order valence-electron chi connectivity index (χ4n) is 3.38. The Morgan fingerprint density at radius 3 is 2.78 bits per heavy atom. The molecular formula is C13H21N3O2. The van der Waals surface area contributed by atoms with Crippen LogP contribution in [0.2, 0.25) is 0 Å². The van der Waals surface area contributed by atoms with Crippen LogP contribution in [0.15, 0.2) is 0 Å². The molecule has 0 radical (unpaired) electrons. The molecule has 18 heavy (non-hydrogen) atoms. The Kier molecular flexibility index (Phi) is 3.01. The van der Waals surface area contributed by atoms with E-state index in [0.717, 1.165) is 19.4 Å². The normalized spacial score (nSPS) is 33.9. The Hall–Kier alpha value is -1.10. The molecule has 3 rings (SSSR count). The van der Waals surface area contributed by atoms with Crippen LogP contribution in [0.4, 0.5) is 0 Å². The van der Waals surface area contributed by atoms with Crippen molar-refractivity contribution < 1.29 is 9.59 Å². The van der Waals surface area contributed by atoms with Crippen LogP contribution in [0, 0.1) is 0 Å². The number of carbonyl (C=O) groups excluding carboxylic acids is 2. The molecule has 2 heterocycles. The first-order valence-electron chi connectivity index (χ1n) is 7.02. The molecule has 1 spiro atoms. The lowest BCUT2D eigenvalue weighted by molar-refractivity contribution is -0.126. The molecule has 2 amide bonds. The molecular weight excluding hydrogens is 230 g/mol. The molecule has 3 N–H and O–H groups in total. The van der Waals surface area contributed by atoms with Crippen LogP contribution in [-0.4, -0.2) is 36.0 Å². The molecule has 0 aromatic rings. The molecule has 0 aromatic carbocycles. The first kappa shape index (κ1) is 12.0. The Morgan fingerprint density at radius 2 is 2.17 bits per heavy atom. The van der Waals surface area contributed by atoms with E-state index in [4.69, 9.17) is 0 Å². The summed E-state index contributed by atoms with van der Waals surface area (Å²) in [6.45, 7) is 0.988. The van der Waals surface area contributed by atoms with E-state index in [1.807, 2.05) is 0 Å². The van der Waals surface area contributed by atoms with Gasteiger partial charge in [-0.15, -0.1) is 0 Å². The van der Waals surface area contributed by atoms with Gasteiger partial charge in [0.2, 0.25) is 11.8 Å². The van der Waals surface area contributed by atoms with Gasteiger partial charge in [-0.1, -0.05) is 0 Å². The van der Waals surface area contributed by atoms with Gasteiger partial charge in [-0.2, -0.15) is 0 Å². The largest absolute Gasteiger partial charge is 0.351 e. The minimum Gasteiger partial charge on any atom is -0.351 e. The van der Waals surface area contributed by atoms with Crippen molar-refractivity contribution in [3.8, 4) is 0 Å². The van der Waals surface area contributed by atoms with E-state index in [2.05, 4.69) is 16.0 Å². The summed E-state index contributed by atoms with van der Waals surface area (Å²) in [5.74, 6) is -0.00172. The molecule has 2 aliphatic heterocycles. The van der Waals surface area contributed by atoms with E-state index in [9.17, 15) is 9.59 Å². The third-order valence-corrected chi connectivity index (χ3v) is 4.60. The summed E-state index contributed by atoms with van der Waals surface area (Å²) in [4.78, 5) is 23.1. The third-order valence-electron chi connectivity index (χ3n) is 4.60. The number of nitrogens with one attached hydrogen (secondary N) is 3. The summed E-state index contributed by atoms with van der Waals surface area (Å²) in [7, 11) is 0. The average Bonchev–Trinajstić information content (AvgIpc) is 2.74. The summed E-state index contributed by atoms with van der Waals surface area (Å²) >= 11 is 0. The maximum atomic E-state index is 12.0. The number of hydrogen-bond donors (Lipinski definition) is 3. The lowest BCUT2D eigenvalue weighted by Crippen LogP contribution is -2.60. The van der Waals surface area contributed by atoms with Crippen molar-refractivity contribution in [1.29, 1.82) is 0 Å². The van der Waals surface area contributed by atoms with E-state index in [0.29, 0.717) is 18.4 Å². The monoisotopic (exact) mass is 251 g/mol. The Morgan fingerprint density at radius 1 is 1.33 bits per heavy atom. The van der Waals surface area contributed by atoms with Gasteiger partial charge in [0.15, 0.2) is 0 Å². The second-order valence-electron chi connectivity index (χ2n) is 5.92. The van der Waals surface area contributed by atoms with E-state index in [-0.39, 0.29) is 23.9 Å². The van der Waals surface area contributed by atoms with Crippen molar-refractivity contribution in [3.63, 3.8) is 0 Å². The molecule has 1 saturated carbocycles. The van der Waals surface area contributed by atoms with Crippen molar-refractivity contribution in [2.45, 2.75) is 62.6 Å². The van der Waals surface area contributed by atoms with E-state index in [1.165, 1.54) is 19.3 Å². The summed E-state index contributed by atoms with van der Waals surface area (Å²) in [6, 6.07) is -0.0266. The maximum Gasteiger partial charge on any atom is 0.242 e. The molecule has 5 nitrogen and oxygen atoms in total. The first-order valence-corrected chi connectivity index (χ1v) is 7.02. The fraction of sp³-hybridized carbons (Fsp3) is 0.846. The zero-order valence-corrected chi connectivity index (χ0v) is 10.6. The summed E-state index contributed by atoms with van der Waals surface area (Å²) in [6.07, 6.45) is 6.92. The lowest BCUT2D eigenvalue weighted by atomic mass is 9.70. The van der Waals surface area contributed by atoms with Gasteiger partial charge in [-0.25, -0.2) is 0 Å². The van der Waals surface area contributed by atoms with Crippen LogP contribution in [0.25, 0.3) is 0 Å². The van der Waals surface area contributed by atoms with E-state index in [1.54, 1.807) is 0 Å². The van der Waals surface area contributed by atoms with Gasteiger partial charge in [-0.3, -0.25) is 9.59 Å². The SMILES string of the molecule is O=C1CCC(C(=O)NC2CCNC3(CCC3)C2)N1. The molecule has 3 aliphatic rings. The molecule has 0 bridgehead atoms. The topological polar surface area (TPSA) is 70.2 Å². The van der Waals surface area contributed by atoms with Gasteiger partial charge in [0.25, 0.3) is 0 Å². The summed E-state index contributed by atoms with van der Waals surface area (Å²) < 4.78 is 0. The van der Waals surface area contributed by atoms with Crippen molar-refractivity contribution in [2.75, 3.05) is 6.54 Å². The second kappa shape index (κ2) is 4.53. The van der Waals surface area contributed by atoms with Gasteiger partial charge in [0, 0.05) is 18.0 Å². The molecule has 100 valence electrons. The van der Waals surface area contributed by atoms with Gasteiger partial charge in [-0.05, 0) is 45.1 Å². The third kappa shape index (κ3) is 2.23. The molecule has 1 aliphatic carbocycles. The molecule has 2 atom stereocenters. The Balaban J connectivity index is 1.52. The molecule has 3 fully saturated rings. The van der Waals surface area contributed by atoms with E-state index >= 15 is 0 Å². The highest BCUT2D eigenvalue weighted by Gasteiger charge is 2.41. The van der Waals surface area contributed by atoms with Gasteiger partial charge < -0.3 is 16.0 Å². The van der Waals surface area contributed by atoms with Crippen LogP contribution in [0.1, 0.15) is 44.9 Å². The average molecular weight is 251 g/mol. The summed E-state index contributed by atoms with van der Waals surface area (Å²) in [5.41, 5.74) is 0.301. The van der Waals surface area contributed by atoms with E-state index < -0.39 is 0 Å². The van der Waals surface area contributed by atoms with Crippen molar-refractivity contribution in [3.05, 3.63) is 0 Å². The molecule has 2 unspecified atom stereocenters. The van der Waals surface area contributed by atoms with Crippen molar-refractivity contribution in [1.82, 2.24) is 16.0 Å². The minimum absolute atomic E-state index is 0.00206. The van der Waals surface area contributed by atoms with Crippen LogP contribution in [0.5, 0.6) is 0 Å². The highest BCUT2D eigenvalue weighted by molar-refractivity contribution is 5.90. The van der Waals surface area contributed by atoms with Gasteiger partial charge in [0.05, 0.1) is 0 Å². The lowest BCUT2D eigenvalue weighted by Gasteiger charge is -2.48. The second-order valence-corrected chi connectivity index (χ2v) is 5.92. The van der Waals surface area contributed by atoms with Crippen LogP contribution < -0.4 is 16.0 Å². The smallest absolute Gasteiger partial charge is 0.242 e. The predicted molar refractivity (Wildman–Crippen MR) is 66.9 cm³/mol. The minimum atomic E-state index is -0.301. The van der Waals surface area contributed by atoms with Gasteiger partial charge >= 0.3 is 0 Å². The molecule has 2 saturated heterocycles. The first-order chi connectivity index (χ1) is 8.67. The molecule has 5 heteroatoms. The van der Waals surface area contributed by atoms with Crippen molar-refractivity contribution >= 4 is 11.8 Å². The Labute approximate surface area is 107 Å². The molecule has 0 aromatic heterocycles. The van der Waals surface area contributed by atoms with Crippen LogP contribution >= 0.6 is 0 Å².